The summed E-state index contributed by atoms with van der Waals surface area (Å²) in [4.78, 5) is 15.7. The molecule has 0 unspecified atom stereocenters. The number of nitrogens with zero attached hydrogens (tertiary/aromatic N) is 3. The Morgan fingerprint density at radius 3 is 3.06 bits per heavy atom. The van der Waals surface area contributed by atoms with E-state index < -0.39 is 5.97 Å². The van der Waals surface area contributed by atoms with Crippen LogP contribution in [0.25, 0.3) is 5.65 Å². The van der Waals surface area contributed by atoms with Gasteiger partial charge in [0.1, 0.15) is 0 Å². The summed E-state index contributed by atoms with van der Waals surface area (Å²) in [6.45, 7) is 3.96. The number of aryl methyl sites for hydroxylation is 1. The fraction of sp³-hybridized carbons (Fsp3) is 0.300. The molecule has 0 atom stereocenters. The van der Waals surface area contributed by atoms with Crippen molar-refractivity contribution in [1.29, 1.82) is 0 Å². The van der Waals surface area contributed by atoms with Gasteiger partial charge in [0.05, 0.1) is 17.3 Å². The zero-order valence-electron chi connectivity index (χ0n) is 8.90. The van der Waals surface area contributed by atoms with Crippen LogP contribution < -0.4 is 0 Å². The number of rotatable bonds is 2. The predicted molar refractivity (Wildman–Crippen MR) is 61.4 cm³/mol. The molecule has 0 radical (unpaired) electrons. The van der Waals surface area contributed by atoms with Crippen LogP contribution in [0.4, 0.5) is 0 Å². The molecule has 2 aromatic heterocycles. The number of hydrogen-bond acceptors (Lipinski definition) is 4. The molecular formula is C10H10BrN3O2. The van der Waals surface area contributed by atoms with Gasteiger partial charge >= 0.3 is 5.97 Å². The summed E-state index contributed by atoms with van der Waals surface area (Å²) in [5, 5.41) is 4.12. The second-order valence-electron chi connectivity index (χ2n) is 3.23. The van der Waals surface area contributed by atoms with Gasteiger partial charge in [0, 0.05) is 5.69 Å². The van der Waals surface area contributed by atoms with Gasteiger partial charge in [-0.1, -0.05) is 0 Å². The van der Waals surface area contributed by atoms with Gasteiger partial charge in [0.2, 0.25) is 0 Å². The second-order valence-corrected chi connectivity index (χ2v) is 4.09. The molecule has 0 amide bonds. The summed E-state index contributed by atoms with van der Waals surface area (Å²) in [5.74, 6) is -0.416. The average molecular weight is 284 g/mol. The number of carbonyl (C=O) groups excluding carboxylic acids is 1. The van der Waals surface area contributed by atoms with Crippen LogP contribution in [-0.2, 0) is 4.74 Å². The maximum atomic E-state index is 11.5. The van der Waals surface area contributed by atoms with Crippen LogP contribution >= 0.6 is 15.9 Å². The number of esters is 1. The first-order valence-electron chi connectivity index (χ1n) is 4.81. The summed E-state index contributed by atoms with van der Waals surface area (Å²) in [7, 11) is 0. The van der Waals surface area contributed by atoms with E-state index in [0.717, 1.165) is 10.2 Å². The van der Waals surface area contributed by atoms with Crippen molar-refractivity contribution in [3.8, 4) is 0 Å². The molecule has 2 rings (SSSR count). The van der Waals surface area contributed by atoms with Crippen molar-refractivity contribution in [2.45, 2.75) is 13.8 Å². The van der Waals surface area contributed by atoms with Crippen LogP contribution in [-0.4, -0.2) is 27.2 Å². The molecule has 0 aliphatic carbocycles. The van der Waals surface area contributed by atoms with E-state index in [4.69, 9.17) is 4.74 Å². The molecule has 0 aliphatic heterocycles. The zero-order valence-corrected chi connectivity index (χ0v) is 10.5. The number of fused-ring (bicyclic) bond motifs is 1. The number of hydrogen-bond donors (Lipinski definition) is 0. The van der Waals surface area contributed by atoms with Gasteiger partial charge in [-0.2, -0.15) is 5.10 Å². The van der Waals surface area contributed by atoms with Gasteiger partial charge in [-0.15, -0.1) is 0 Å². The Balaban J connectivity index is 2.56. The van der Waals surface area contributed by atoms with E-state index >= 15 is 0 Å². The summed E-state index contributed by atoms with van der Waals surface area (Å²) in [6, 6.07) is 1.66. The minimum Gasteiger partial charge on any atom is -0.461 e. The molecule has 2 aromatic rings. The number of ether oxygens (including phenoxy) is 1. The van der Waals surface area contributed by atoms with Crippen molar-refractivity contribution in [3.05, 3.63) is 28.1 Å². The Labute approximate surface area is 101 Å². The standard InChI is InChI=1S/C10H10BrN3O2/c1-3-16-10(15)8-4-6(2)14-9(13-8)7(11)5-12-14/h4-5H,3H2,1-2H3. The van der Waals surface area contributed by atoms with Gasteiger partial charge in [-0.3, -0.25) is 0 Å². The first kappa shape index (κ1) is 11.1. The van der Waals surface area contributed by atoms with Gasteiger partial charge in [-0.05, 0) is 35.8 Å². The fourth-order valence-electron chi connectivity index (χ4n) is 1.40. The lowest BCUT2D eigenvalue weighted by Gasteiger charge is -2.04. The first-order valence-corrected chi connectivity index (χ1v) is 5.60. The van der Waals surface area contributed by atoms with Gasteiger partial charge < -0.3 is 4.74 Å². The minimum atomic E-state index is -0.416. The predicted octanol–water partition coefficient (Wildman–Crippen LogP) is 1.98. The van der Waals surface area contributed by atoms with Crippen molar-refractivity contribution >= 4 is 27.5 Å². The Morgan fingerprint density at radius 1 is 1.62 bits per heavy atom. The highest BCUT2D eigenvalue weighted by Gasteiger charge is 2.13. The third kappa shape index (κ3) is 1.80. The van der Waals surface area contributed by atoms with E-state index in [9.17, 15) is 4.79 Å². The second kappa shape index (κ2) is 4.21. The number of halogens is 1. The lowest BCUT2D eigenvalue weighted by molar-refractivity contribution is 0.0519. The molecule has 0 saturated heterocycles. The van der Waals surface area contributed by atoms with Crippen molar-refractivity contribution in [3.63, 3.8) is 0 Å². The molecule has 0 spiro atoms. The van der Waals surface area contributed by atoms with E-state index in [1.165, 1.54) is 0 Å². The number of aromatic nitrogens is 3. The van der Waals surface area contributed by atoms with Crippen LogP contribution in [0.15, 0.2) is 16.7 Å². The molecule has 0 N–H and O–H groups in total. The summed E-state index contributed by atoms with van der Waals surface area (Å²) in [5.41, 5.74) is 1.75. The molecule has 16 heavy (non-hydrogen) atoms. The van der Waals surface area contributed by atoms with Crippen LogP contribution in [0.1, 0.15) is 23.1 Å². The van der Waals surface area contributed by atoms with Gasteiger partial charge in [0.15, 0.2) is 11.3 Å². The van der Waals surface area contributed by atoms with Gasteiger partial charge in [0.25, 0.3) is 0 Å². The maximum Gasteiger partial charge on any atom is 0.357 e. The fourth-order valence-corrected chi connectivity index (χ4v) is 1.74. The molecule has 0 aliphatic rings. The Kier molecular flexibility index (Phi) is 2.91. The van der Waals surface area contributed by atoms with Crippen LogP contribution in [0.5, 0.6) is 0 Å². The van der Waals surface area contributed by atoms with Gasteiger partial charge in [-0.25, -0.2) is 14.3 Å². The summed E-state index contributed by atoms with van der Waals surface area (Å²) in [6.07, 6.45) is 1.64. The largest absolute Gasteiger partial charge is 0.461 e. The van der Waals surface area contributed by atoms with E-state index in [0.29, 0.717) is 17.9 Å². The van der Waals surface area contributed by atoms with E-state index in [2.05, 4.69) is 26.0 Å². The molecule has 0 aromatic carbocycles. The van der Waals surface area contributed by atoms with Crippen LogP contribution in [0, 0.1) is 6.92 Å². The van der Waals surface area contributed by atoms with E-state index in [1.807, 2.05) is 6.92 Å². The summed E-state index contributed by atoms with van der Waals surface area (Å²) >= 11 is 3.33. The molecule has 0 fully saturated rings. The zero-order chi connectivity index (χ0) is 11.7. The molecule has 6 heteroatoms. The third-order valence-corrected chi connectivity index (χ3v) is 2.65. The molecule has 2 heterocycles. The van der Waals surface area contributed by atoms with E-state index in [1.54, 1.807) is 23.7 Å². The lowest BCUT2D eigenvalue weighted by Crippen LogP contribution is -2.09. The minimum absolute atomic E-state index is 0.299. The molecular weight excluding hydrogens is 274 g/mol. The van der Waals surface area contributed by atoms with Crippen molar-refractivity contribution in [2.75, 3.05) is 6.61 Å². The summed E-state index contributed by atoms with van der Waals surface area (Å²) < 4.78 is 7.31. The van der Waals surface area contributed by atoms with Crippen LogP contribution in [0.2, 0.25) is 0 Å². The SMILES string of the molecule is CCOC(=O)c1cc(C)n2ncc(Br)c2n1. The topological polar surface area (TPSA) is 56.5 Å². The first-order chi connectivity index (χ1) is 7.63. The Bertz CT molecular complexity index is 550. The average Bonchev–Trinajstić information content (AvgIpc) is 2.61. The van der Waals surface area contributed by atoms with Crippen molar-refractivity contribution in [2.24, 2.45) is 0 Å². The lowest BCUT2D eigenvalue weighted by atomic mass is 10.3. The maximum absolute atomic E-state index is 11.5. The molecule has 84 valence electrons. The highest BCUT2D eigenvalue weighted by atomic mass is 79.9. The molecule has 0 saturated carbocycles. The smallest absolute Gasteiger partial charge is 0.357 e. The monoisotopic (exact) mass is 283 g/mol. The van der Waals surface area contributed by atoms with Crippen molar-refractivity contribution < 1.29 is 9.53 Å². The quantitative estimate of drug-likeness (QED) is 0.791. The van der Waals surface area contributed by atoms with Crippen molar-refractivity contribution in [1.82, 2.24) is 14.6 Å². The molecule has 5 nitrogen and oxygen atoms in total. The molecule has 0 bridgehead atoms. The Morgan fingerprint density at radius 2 is 2.38 bits per heavy atom. The Hall–Kier alpha value is -1.43. The number of carbonyl (C=O) groups is 1. The highest BCUT2D eigenvalue weighted by Crippen LogP contribution is 2.17. The normalized spacial score (nSPS) is 10.7. The van der Waals surface area contributed by atoms with E-state index in [-0.39, 0.29) is 0 Å². The highest BCUT2D eigenvalue weighted by molar-refractivity contribution is 9.10. The third-order valence-electron chi connectivity index (χ3n) is 2.09. The van der Waals surface area contributed by atoms with Crippen LogP contribution in [0.3, 0.4) is 0 Å².